The summed E-state index contributed by atoms with van der Waals surface area (Å²) in [6, 6.07) is 16.3. The molecule has 3 aromatic rings. The Morgan fingerprint density at radius 2 is 1.85 bits per heavy atom. The first kappa shape index (κ1) is 17.6. The lowest BCUT2D eigenvalue weighted by atomic mass is 10.2. The lowest BCUT2D eigenvalue weighted by Crippen LogP contribution is -2.45. The van der Waals surface area contributed by atoms with Gasteiger partial charge in [-0.25, -0.2) is 9.48 Å². The van der Waals surface area contributed by atoms with Gasteiger partial charge in [0.1, 0.15) is 5.52 Å². The minimum absolute atomic E-state index is 0.208. The number of nitrogens with zero attached hydrogens (tertiary/aromatic N) is 3. The van der Waals surface area contributed by atoms with Crippen LogP contribution in [0, 0.1) is 0 Å². The molecule has 0 unspecified atom stereocenters. The van der Waals surface area contributed by atoms with E-state index in [1.165, 1.54) is 4.68 Å². The van der Waals surface area contributed by atoms with Gasteiger partial charge in [-0.15, -0.1) is 5.10 Å². The first-order chi connectivity index (χ1) is 12.7. The monoisotopic (exact) mass is 351 g/mol. The summed E-state index contributed by atoms with van der Waals surface area (Å²) in [6.45, 7) is 2.66. The summed E-state index contributed by atoms with van der Waals surface area (Å²) < 4.78 is 1.30. The summed E-state index contributed by atoms with van der Waals surface area (Å²) in [4.78, 5) is 24.6. The van der Waals surface area contributed by atoms with Gasteiger partial charge in [0, 0.05) is 6.54 Å². The molecule has 134 valence electrons. The summed E-state index contributed by atoms with van der Waals surface area (Å²) in [7, 11) is 0. The van der Waals surface area contributed by atoms with E-state index in [1.54, 1.807) is 18.2 Å². The molecule has 3 rings (SSSR count). The van der Waals surface area contributed by atoms with Gasteiger partial charge in [-0.2, -0.15) is 0 Å². The van der Waals surface area contributed by atoms with E-state index in [1.807, 2.05) is 43.3 Å². The Kier molecular flexibility index (Phi) is 5.58. The molecule has 0 aliphatic carbocycles. The lowest BCUT2D eigenvalue weighted by molar-refractivity contribution is 0.233. The smallest absolute Gasteiger partial charge is 0.315 e. The number of amides is 2. The van der Waals surface area contributed by atoms with Crippen molar-refractivity contribution in [3.05, 3.63) is 70.5 Å². The molecular formula is C19H21N5O2. The van der Waals surface area contributed by atoms with Crippen molar-refractivity contribution in [1.82, 2.24) is 25.6 Å². The van der Waals surface area contributed by atoms with Crippen molar-refractivity contribution in [2.24, 2.45) is 0 Å². The fourth-order valence-electron chi connectivity index (χ4n) is 2.64. The van der Waals surface area contributed by atoms with E-state index in [0.717, 1.165) is 5.56 Å². The van der Waals surface area contributed by atoms with E-state index < -0.39 is 0 Å². The molecule has 1 aromatic heterocycles. The molecule has 0 radical (unpaired) electrons. The molecule has 2 amide bonds. The molecule has 0 saturated heterocycles. The number of aromatic nitrogens is 3. The maximum absolute atomic E-state index is 12.5. The van der Waals surface area contributed by atoms with Gasteiger partial charge in [0.2, 0.25) is 0 Å². The fraction of sp³-hybridized carbons (Fsp3) is 0.263. The number of nitrogens with one attached hydrogen (secondary N) is 2. The summed E-state index contributed by atoms with van der Waals surface area (Å²) >= 11 is 0. The number of hydrogen-bond donors (Lipinski definition) is 2. The summed E-state index contributed by atoms with van der Waals surface area (Å²) in [5.74, 6) is 0. The predicted molar refractivity (Wildman–Crippen MR) is 99.7 cm³/mol. The van der Waals surface area contributed by atoms with Crippen LogP contribution < -0.4 is 16.2 Å². The third kappa shape index (κ3) is 4.24. The third-order valence-electron chi connectivity index (χ3n) is 4.15. The quantitative estimate of drug-likeness (QED) is 0.711. The number of fused-ring (bicyclic) bond motifs is 1. The zero-order valence-electron chi connectivity index (χ0n) is 14.6. The van der Waals surface area contributed by atoms with E-state index in [4.69, 9.17) is 0 Å². The Labute approximate surface area is 151 Å². The fourth-order valence-corrected chi connectivity index (χ4v) is 2.64. The van der Waals surface area contributed by atoms with Gasteiger partial charge in [0.25, 0.3) is 5.56 Å². The number of urea groups is 1. The highest BCUT2D eigenvalue weighted by atomic mass is 16.2. The zero-order valence-corrected chi connectivity index (χ0v) is 14.6. The van der Waals surface area contributed by atoms with Crippen molar-refractivity contribution in [2.75, 3.05) is 0 Å². The van der Waals surface area contributed by atoms with Gasteiger partial charge >= 0.3 is 6.03 Å². The average molecular weight is 351 g/mol. The molecule has 1 atom stereocenters. The van der Waals surface area contributed by atoms with Crippen LogP contribution in [0.2, 0.25) is 0 Å². The van der Waals surface area contributed by atoms with Crippen molar-refractivity contribution in [3.63, 3.8) is 0 Å². The molecule has 2 N–H and O–H groups in total. The van der Waals surface area contributed by atoms with Gasteiger partial charge < -0.3 is 10.6 Å². The Morgan fingerprint density at radius 1 is 1.12 bits per heavy atom. The van der Waals surface area contributed by atoms with Crippen LogP contribution in [-0.4, -0.2) is 27.1 Å². The van der Waals surface area contributed by atoms with Crippen LogP contribution in [0.4, 0.5) is 4.79 Å². The molecule has 26 heavy (non-hydrogen) atoms. The van der Waals surface area contributed by atoms with Crippen molar-refractivity contribution < 1.29 is 4.79 Å². The zero-order chi connectivity index (χ0) is 18.4. The number of carbonyl (C=O) groups is 1. The van der Waals surface area contributed by atoms with E-state index >= 15 is 0 Å². The third-order valence-corrected chi connectivity index (χ3v) is 4.15. The summed E-state index contributed by atoms with van der Waals surface area (Å²) in [5, 5.41) is 14.3. The normalized spacial score (nSPS) is 11.9. The second-order valence-electron chi connectivity index (χ2n) is 6.01. The molecule has 0 aliphatic rings. The molecule has 0 bridgehead atoms. The van der Waals surface area contributed by atoms with Crippen LogP contribution in [0.25, 0.3) is 10.9 Å². The van der Waals surface area contributed by atoms with Crippen LogP contribution in [0.1, 0.15) is 18.9 Å². The largest absolute Gasteiger partial charge is 0.334 e. The molecular weight excluding hydrogens is 330 g/mol. The minimum atomic E-state index is -0.275. The van der Waals surface area contributed by atoms with Crippen LogP contribution in [0.3, 0.4) is 0 Å². The summed E-state index contributed by atoms with van der Waals surface area (Å²) in [5.41, 5.74) is 1.38. The Morgan fingerprint density at radius 3 is 2.62 bits per heavy atom. The second-order valence-corrected chi connectivity index (χ2v) is 6.01. The topological polar surface area (TPSA) is 88.9 Å². The van der Waals surface area contributed by atoms with E-state index in [-0.39, 0.29) is 24.2 Å². The van der Waals surface area contributed by atoms with Crippen LogP contribution >= 0.6 is 0 Å². The molecule has 0 aliphatic heterocycles. The van der Waals surface area contributed by atoms with Crippen molar-refractivity contribution in [1.29, 1.82) is 0 Å². The Balaban J connectivity index is 1.63. The molecule has 1 heterocycles. The molecule has 2 aromatic carbocycles. The number of rotatable bonds is 6. The van der Waals surface area contributed by atoms with E-state index in [9.17, 15) is 9.59 Å². The maximum Gasteiger partial charge on any atom is 0.315 e. The first-order valence-corrected chi connectivity index (χ1v) is 8.58. The minimum Gasteiger partial charge on any atom is -0.334 e. The van der Waals surface area contributed by atoms with Crippen molar-refractivity contribution in [3.8, 4) is 0 Å². The standard InChI is InChI=1S/C19H21N5O2/c1-2-15(21-19(26)20-12-14-8-4-3-5-9-14)13-24-18(25)16-10-6-7-11-17(16)22-23-24/h3-11,15H,2,12-13H2,1H3,(H2,20,21,26)/t15-/m0/s1. The average Bonchev–Trinajstić information content (AvgIpc) is 2.69. The van der Waals surface area contributed by atoms with Crippen LogP contribution in [0.15, 0.2) is 59.4 Å². The SMILES string of the molecule is CC[C@@H](Cn1nnc2ccccc2c1=O)NC(=O)NCc1ccccc1. The van der Waals surface area contributed by atoms with E-state index in [0.29, 0.717) is 23.9 Å². The van der Waals surface area contributed by atoms with Gasteiger partial charge in [0.15, 0.2) is 0 Å². The highest BCUT2D eigenvalue weighted by Crippen LogP contribution is 2.04. The second kappa shape index (κ2) is 8.24. The maximum atomic E-state index is 12.5. The Bertz CT molecular complexity index is 939. The molecule has 7 heteroatoms. The number of carbonyl (C=O) groups excluding carboxylic acids is 1. The number of hydrogen-bond acceptors (Lipinski definition) is 4. The lowest BCUT2D eigenvalue weighted by Gasteiger charge is -2.18. The highest BCUT2D eigenvalue weighted by Gasteiger charge is 2.14. The first-order valence-electron chi connectivity index (χ1n) is 8.58. The van der Waals surface area contributed by atoms with Crippen molar-refractivity contribution in [2.45, 2.75) is 32.5 Å². The van der Waals surface area contributed by atoms with Gasteiger partial charge in [-0.05, 0) is 24.1 Å². The highest BCUT2D eigenvalue weighted by molar-refractivity contribution is 5.76. The van der Waals surface area contributed by atoms with E-state index in [2.05, 4.69) is 20.9 Å². The van der Waals surface area contributed by atoms with Crippen molar-refractivity contribution >= 4 is 16.9 Å². The van der Waals surface area contributed by atoms with Gasteiger partial charge in [0.05, 0.1) is 18.0 Å². The van der Waals surface area contributed by atoms with Crippen LogP contribution in [-0.2, 0) is 13.1 Å². The molecule has 0 spiro atoms. The molecule has 0 saturated carbocycles. The predicted octanol–water partition coefficient (Wildman–Crippen LogP) is 2.07. The Hall–Kier alpha value is -3.22. The van der Waals surface area contributed by atoms with Crippen LogP contribution in [0.5, 0.6) is 0 Å². The molecule has 0 fully saturated rings. The molecule has 7 nitrogen and oxygen atoms in total. The van der Waals surface area contributed by atoms with Gasteiger partial charge in [-0.1, -0.05) is 54.6 Å². The van der Waals surface area contributed by atoms with Gasteiger partial charge in [-0.3, -0.25) is 4.79 Å². The summed E-state index contributed by atoms with van der Waals surface area (Å²) in [6.07, 6.45) is 0.666. The number of benzene rings is 2.